The number of thiophene rings is 1. The summed E-state index contributed by atoms with van der Waals surface area (Å²) in [5.74, 6) is 6.25. The molecule has 118 valence electrons. The van der Waals surface area contributed by atoms with Gasteiger partial charge < -0.3 is 4.74 Å². The summed E-state index contributed by atoms with van der Waals surface area (Å²) in [6.45, 7) is 0. The Morgan fingerprint density at radius 2 is 1.96 bits per heavy atom. The number of carbonyl (C=O) groups excluding carboxylic acids is 1. The van der Waals surface area contributed by atoms with Gasteiger partial charge in [-0.25, -0.2) is 4.79 Å². The quantitative estimate of drug-likeness (QED) is 0.482. The molecule has 0 radical (unpaired) electrons. The largest absolute Gasteiger partial charge is 0.465 e. The molecule has 0 atom stereocenters. The van der Waals surface area contributed by atoms with Crippen molar-refractivity contribution in [2.45, 2.75) is 19.3 Å². The minimum atomic E-state index is -0.297. The fourth-order valence-electron chi connectivity index (χ4n) is 3.16. The van der Waals surface area contributed by atoms with Gasteiger partial charge in [-0.3, -0.25) is 0 Å². The molecule has 1 heterocycles. The van der Waals surface area contributed by atoms with E-state index in [0.29, 0.717) is 4.88 Å². The molecule has 3 heteroatoms. The first-order chi connectivity index (χ1) is 11.7. The number of aryl methyl sites for hydroxylation is 2. The maximum absolute atomic E-state index is 11.7. The molecule has 0 amide bonds. The number of carbonyl (C=O) groups is 1. The lowest BCUT2D eigenvalue weighted by molar-refractivity contribution is 0.0606. The van der Waals surface area contributed by atoms with Crippen LogP contribution in [-0.2, 0) is 17.6 Å². The summed E-state index contributed by atoms with van der Waals surface area (Å²) >= 11 is 1.44. The summed E-state index contributed by atoms with van der Waals surface area (Å²) in [5, 5.41) is 1.01. The molecular weight excluding hydrogens is 316 g/mol. The van der Waals surface area contributed by atoms with Crippen LogP contribution in [-0.4, -0.2) is 13.1 Å². The third-order valence-electron chi connectivity index (χ3n) is 4.39. The highest BCUT2D eigenvalue weighted by atomic mass is 32.1. The van der Waals surface area contributed by atoms with Gasteiger partial charge in [0.25, 0.3) is 0 Å². The number of hydrogen-bond acceptors (Lipinski definition) is 3. The maximum atomic E-state index is 11.7. The molecule has 2 nitrogen and oxygen atoms in total. The Hall–Kier alpha value is -2.57. The smallest absolute Gasteiger partial charge is 0.348 e. The number of esters is 1. The van der Waals surface area contributed by atoms with E-state index in [1.807, 2.05) is 24.3 Å². The fourth-order valence-corrected chi connectivity index (χ4v) is 4.17. The van der Waals surface area contributed by atoms with Crippen LogP contribution in [0.4, 0.5) is 0 Å². The summed E-state index contributed by atoms with van der Waals surface area (Å²) in [7, 11) is 1.40. The predicted octanol–water partition coefficient (Wildman–Crippen LogP) is 4.58. The van der Waals surface area contributed by atoms with E-state index >= 15 is 0 Å². The van der Waals surface area contributed by atoms with Gasteiger partial charge in [-0.1, -0.05) is 24.0 Å². The average Bonchev–Trinajstić information content (AvgIpc) is 3.25. The topological polar surface area (TPSA) is 26.3 Å². The Kier molecular flexibility index (Phi) is 3.84. The van der Waals surface area contributed by atoms with Crippen molar-refractivity contribution in [3.63, 3.8) is 0 Å². The van der Waals surface area contributed by atoms with E-state index in [2.05, 4.69) is 30.0 Å². The van der Waals surface area contributed by atoms with Crippen LogP contribution in [0.25, 0.3) is 10.1 Å². The first kappa shape index (κ1) is 15.0. The summed E-state index contributed by atoms with van der Waals surface area (Å²) in [5.41, 5.74) is 4.89. The molecule has 1 aromatic heterocycles. The lowest BCUT2D eigenvalue weighted by atomic mass is 10.1. The normalized spacial score (nSPS) is 12.5. The molecule has 0 N–H and O–H groups in total. The minimum absolute atomic E-state index is 0.297. The molecule has 0 unspecified atom stereocenters. The van der Waals surface area contributed by atoms with Crippen molar-refractivity contribution in [3.8, 4) is 11.8 Å². The van der Waals surface area contributed by atoms with Crippen molar-refractivity contribution in [2.24, 2.45) is 0 Å². The SMILES string of the molecule is COC(=O)c1cc2c(C#Cc3ccc4c(c3)CCC4)cccc2s1. The second kappa shape index (κ2) is 6.14. The highest BCUT2D eigenvalue weighted by Crippen LogP contribution is 2.28. The Morgan fingerprint density at radius 1 is 1.08 bits per heavy atom. The van der Waals surface area contributed by atoms with E-state index in [4.69, 9.17) is 4.74 Å². The van der Waals surface area contributed by atoms with Crippen LogP contribution in [0.3, 0.4) is 0 Å². The van der Waals surface area contributed by atoms with Crippen molar-refractivity contribution in [1.82, 2.24) is 0 Å². The molecule has 0 spiro atoms. The van der Waals surface area contributed by atoms with Crippen LogP contribution in [0.5, 0.6) is 0 Å². The van der Waals surface area contributed by atoms with Gasteiger partial charge in [-0.15, -0.1) is 11.3 Å². The lowest BCUT2D eigenvalue weighted by Crippen LogP contribution is -1.96. The first-order valence-corrected chi connectivity index (χ1v) is 8.81. The van der Waals surface area contributed by atoms with E-state index < -0.39 is 0 Å². The van der Waals surface area contributed by atoms with E-state index in [9.17, 15) is 4.79 Å². The van der Waals surface area contributed by atoms with E-state index in [-0.39, 0.29) is 5.97 Å². The van der Waals surface area contributed by atoms with Crippen LogP contribution < -0.4 is 0 Å². The molecule has 0 saturated carbocycles. The minimum Gasteiger partial charge on any atom is -0.465 e. The van der Waals surface area contributed by atoms with Gasteiger partial charge >= 0.3 is 5.97 Å². The molecule has 0 saturated heterocycles. The highest BCUT2D eigenvalue weighted by Gasteiger charge is 2.12. The second-order valence-electron chi connectivity index (χ2n) is 5.91. The summed E-state index contributed by atoms with van der Waals surface area (Å²) < 4.78 is 5.87. The van der Waals surface area contributed by atoms with Crippen molar-refractivity contribution < 1.29 is 9.53 Å². The number of hydrogen-bond donors (Lipinski definition) is 0. The van der Waals surface area contributed by atoms with Gasteiger partial charge in [-0.05, 0) is 60.7 Å². The molecule has 0 bridgehead atoms. The van der Waals surface area contributed by atoms with Crippen LogP contribution >= 0.6 is 11.3 Å². The molecular formula is C21H16O2S. The van der Waals surface area contributed by atoms with E-state index in [1.165, 1.54) is 42.4 Å². The molecule has 0 aliphatic heterocycles. The molecule has 4 rings (SSSR count). The molecule has 1 aliphatic rings. The Bertz CT molecular complexity index is 1000. The van der Waals surface area contributed by atoms with Gasteiger partial charge in [0.1, 0.15) is 4.88 Å². The van der Waals surface area contributed by atoms with Gasteiger partial charge in [0, 0.05) is 21.2 Å². The maximum Gasteiger partial charge on any atom is 0.348 e. The van der Waals surface area contributed by atoms with E-state index in [1.54, 1.807) is 0 Å². The van der Waals surface area contributed by atoms with Crippen molar-refractivity contribution in [1.29, 1.82) is 0 Å². The molecule has 24 heavy (non-hydrogen) atoms. The number of ether oxygens (including phenoxy) is 1. The summed E-state index contributed by atoms with van der Waals surface area (Å²) in [6.07, 6.45) is 3.59. The fraction of sp³-hybridized carbons (Fsp3) is 0.190. The van der Waals surface area contributed by atoms with Gasteiger partial charge in [0.15, 0.2) is 0 Å². The number of fused-ring (bicyclic) bond motifs is 2. The lowest BCUT2D eigenvalue weighted by Gasteiger charge is -1.99. The predicted molar refractivity (Wildman–Crippen MR) is 97.6 cm³/mol. The zero-order valence-corrected chi connectivity index (χ0v) is 14.2. The third kappa shape index (κ3) is 2.70. The molecule has 3 aromatic rings. The van der Waals surface area contributed by atoms with Crippen molar-refractivity contribution >= 4 is 27.4 Å². The molecule has 2 aromatic carbocycles. The highest BCUT2D eigenvalue weighted by molar-refractivity contribution is 7.20. The van der Waals surface area contributed by atoms with Crippen LogP contribution in [0.1, 0.15) is 38.3 Å². The van der Waals surface area contributed by atoms with Crippen molar-refractivity contribution in [3.05, 3.63) is 69.6 Å². The number of methoxy groups -OCH3 is 1. The monoisotopic (exact) mass is 332 g/mol. The number of rotatable bonds is 1. The van der Waals surface area contributed by atoms with Gasteiger partial charge in [0.05, 0.1) is 7.11 Å². The number of benzene rings is 2. The third-order valence-corrected chi connectivity index (χ3v) is 5.47. The van der Waals surface area contributed by atoms with Gasteiger partial charge in [0.2, 0.25) is 0 Å². The zero-order chi connectivity index (χ0) is 16.5. The van der Waals surface area contributed by atoms with E-state index in [0.717, 1.165) is 27.6 Å². The van der Waals surface area contributed by atoms with Gasteiger partial charge in [-0.2, -0.15) is 0 Å². The standard InChI is InChI=1S/C21H16O2S/c1-23-21(22)20-13-18-16(5-3-7-19(18)24-20)11-9-14-8-10-15-4-2-6-17(15)12-14/h3,5,7-8,10,12-13H,2,4,6H2,1H3. The summed E-state index contributed by atoms with van der Waals surface area (Å²) in [4.78, 5) is 12.3. The molecule has 1 aliphatic carbocycles. The van der Waals surface area contributed by atoms with Crippen LogP contribution in [0, 0.1) is 11.8 Å². The van der Waals surface area contributed by atoms with Crippen LogP contribution in [0.15, 0.2) is 42.5 Å². The Labute approximate surface area is 145 Å². The first-order valence-electron chi connectivity index (χ1n) is 7.99. The van der Waals surface area contributed by atoms with Crippen LogP contribution in [0.2, 0.25) is 0 Å². The molecule has 0 fully saturated rings. The zero-order valence-electron chi connectivity index (χ0n) is 13.4. The summed E-state index contributed by atoms with van der Waals surface area (Å²) in [6, 6.07) is 14.4. The average molecular weight is 332 g/mol. The van der Waals surface area contributed by atoms with Crippen molar-refractivity contribution in [2.75, 3.05) is 7.11 Å². The Balaban J connectivity index is 1.72. The Morgan fingerprint density at radius 3 is 2.83 bits per heavy atom. The second-order valence-corrected chi connectivity index (χ2v) is 6.99.